The molecule has 0 bridgehead atoms. The molecule has 2 heterocycles. The number of nitrogens with one attached hydrogen (secondary N) is 3. The number of H-pyrrole nitrogens is 1. The third kappa shape index (κ3) is 6.26. The van der Waals surface area contributed by atoms with Gasteiger partial charge in [-0.3, -0.25) is 0 Å². The van der Waals surface area contributed by atoms with Crippen LogP contribution in [0.1, 0.15) is 6.42 Å². The first kappa shape index (κ1) is 26.4. The molecule has 39 heavy (non-hydrogen) atoms. The lowest BCUT2D eigenvalue weighted by molar-refractivity contribution is 0.476. The molecule has 0 fully saturated rings. The van der Waals surface area contributed by atoms with Crippen molar-refractivity contribution >= 4 is 27.6 Å². The molecule has 0 spiro atoms. The Kier molecular flexibility index (Phi) is 7.87. The quantitative estimate of drug-likeness (QED) is 0.169. The fourth-order valence-corrected chi connectivity index (χ4v) is 5.13. The molecule has 0 radical (unpaired) electrons. The number of benzene rings is 3. The fourth-order valence-electron chi connectivity index (χ4n) is 3.92. The Hall–Kier alpha value is -4.25. The molecule has 0 aliphatic rings. The van der Waals surface area contributed by atoms with Crippen LogP contribution in [0.5, 0.6) is 5.75 Å². The monoisotopic (exact) mass is 560 g/mol. The van der Waals surface area contributed by atoms with Gasteiger partial charge in [0.25, 0.3) is 0 Å². The second kappa shape index (κ2) is 11.6. The van der Waals surface area contributed by atoms with E-state index in [1.165, 1.54) is 0 Å². The minimum absolute atomic E-state index is 0.0442. The van der Waals surface area contributed by atoms with Gasteiger partial charge in [0, 0.05) is 30.4 Å². The summed E-state index contributed by atoms with van der Waals surface area (Å²) in [7, 11) is -3.55. The van der Waals surface area contributed by atoms with E-state index in [1.807, 2.05) is 30.3 Å². The minimum Gasteiger partial charge on any atom is -0.506 e. The zero-order chi connectivity index (χ0) is 27.2. The molecule has 0 aliphatic carbocycles. The topological polar surface area (TPSA) is 133 Å². The first-order valence-corrected chi connectivity index (χ1v) is 14.0. The third-order valence-electron chi connectivity index (χ3n) is 5.86. The Morgan fingerprint density at radius 2 is 1.62 bits per heavy atom. The van der Waals surface area contributed by atoms with Gasteiger partial charge in [-0.25, -0.2) is 28.1 Å². The summed E-state index contributed by atoms with van der Waals surface area (Å²) >= 11 is 6.03. The number of aromatic amines is 1. The van der Waals surface area contributed by atoms with Gasteiger partial charge in [0.1, 0.15) is 11.6 Å². The molecular weight excluding hydrogens is 536 g/mol. The lowest BCUT2D eigenvalue weighted by atomic mass is 10.1. The summed E-state index contributed by atoms with van der Waals surface area (Å²) in [5.41, 5.74) is 3.41. The predicted molar refractivity (Wildman–Crippen MR) is 152 cm³/mol. The van der Waals surface area contributed by atoms with Crippen molar-refractivity contribution < 1.29 is 13.5 Å². The molecule has 4 N–H and O–H groups in total. The van der Waals surface area contributed by atoms with Gasteiger partial charge in [0.05, 0.1) is 27.0 Å². The van der Waals surface area contributed by atoms with Crippen molar-refractivity contribution in [3.8, 4) is 39.8 Å². The average molecular weight is 561 g/mol. The highest BCUT2D eigenvalue weighted by atomic mass is 35.5. The molecule has 0 aliphatic heterocycles. The molecule has 2 aromatic heterocycles. The van der Waals surface area contributed by atoms with Crippen LogP contribution in [0.4, 0.5) is 5.95 Å². The van der Waals surface area contributed by atoms with Crippen molar-refractivity contribution in [1.82, 2.24) is 24.7 Å². The second-order valence-corrected chi connectivity index (χ2v) is 10.8. The third-order valence-corrected chi connectivity index (χ3v) is 7.66. The van der Waals surface area contributed by atoms with Crippen molar-refractivity contribution in [1.29, 1.82) is 0 Å². The van der Waals surface area contributed by atoms with Crippen molar-refractivity contribution in [2.45, 2.75) is 11.3 Å². The van der Waals surface area contributed by atoms with Crippen molar-refractivity contribution in [3.05, 3.63) is 96.1 Å². The van der Waals surface area contributed by atoms with Crippen LogP contribution in [0.3, 0.4) is 0 Å². The molecule has 198 valence electrons. The first-order valence-electron chi connectivity index (χ1n) is 12.2. The summed E-state index contributed by atoms with van der Waals surface area (Å²) in [5.74, 6) is 0.991. The Morgan fingerprint density at radius 1 is 0.872 bits per heavy atom. The van der Waals surface area contributed by atoms with Crippen molar-refractivity contribution in [3.63, 3.8) is 0 Å². The summed E-state index contributed by atoms with van der Waals surface area (Å²) in [6.45, 7) is 0.714. The van der Waals surface area contributed by atoms with Gasteiger partial charge in [0.2, 0.25) is 16.0 Å². The van der Waals surface area contributed by atoms with Gasteiger partial charge in [-0.05, 0) is 36.8 Å². The van der Waals surface area contributed by atoms with Crippen LogP contribution in [0.25, 0.3) is 34.0 Å². The number of aromatic nitrogens is 4. The number of hydrogen-bond donors (Lipinski definition) is 4. The summed E-state index contributed by atoms with van der Waals surface area (Å²) in [6.07, 6.45) is 2.16. The molecule has 0 saturated carbocycles. The Bertz CT molecular complexity index is 1680. The molecule has 11 heteroatoms. The Labute approximate surface area is 231 Å². The van der Waals surface area contributed by atoms with E-state index in [2.05, 4.69) is 25.0 Å². The van der Waals surface area contributed by atoms with Crippen LogP contribution in [-0.4, -0.2) is 46.5 Å². The van der Waals surface area contributed by atoms with E-state index >= 15 is 0 Å². The van der Waals surface area contributed by atoms with Crippen LogP contribution in [-0.2, 0) is 10.0 Å². The Morgan fingerprint density at radius 3 is 2.36 bits per heavy atom. The van der Waals surface area contributed by atoms with Gasteiger partial charge < -0.3 is 15.4 Å². The summed E-state index contributed by atoms with van der Waals surface area (Å²) < 4.78 is 27.3. The van der Waals surface area contributed by atoms with E-state index in [9.17, 15) is 13.5 Å². The molecule has 3 aromatic carbocycles. The number of imidazole rings is 1. The number of halogens is 1. The number of rotatable bonds is 10. The summed E-state index contributed by atoms with van der Waals surface area (Å²) in [4.78, 5) is 17.3. The number of sulfonamides is 1. The smallest absolute Gasteiger partial charge is 0.240 e. The standard InChI is InChI=1S/C28H25ClN6O3S/c29-22-13-12-20(18-24(22)36)25-26(35-27(34-25)19-8-3-1-4-9-19)23-14-17-31-28(33-23)30-15-7-16-32-39(37,38)21-10-5-2-6-11-21/h1-6,8-14,17-18,32,36H,7,15-16H2,(H,34,35)(H,30,31,33). The maximum atomic E-state index is 12.4. The molecule has 5 aromatic rings. The fraction of sp³-hybridized carbons (Fsp3) is 0.107. The zero-order valence-corrected chi connectivity index (χ0v) is 22.2. The SMILES string of the molecule is O=S(=O)(NCCCNc1nccc(-c2[nH]c(-c3ccccc3)nc2-c2ccc(Cl)c(O)c2)n1)c1ccccc1. The summed E-state index contributed by atoms with van der Waals surface area (Å²) in [5, 5.41) is 13.6. The van der Waals surface area contributed by atoms with Crippen molar-refractivity contribution in [2.24, 2.45) is 0 Å². The summed E-state index contributed by atoms with van der Waals surface area (Å²) in [6, 6.07) is 24.7. The first-order chi connectivity index (χ1) is 18.9. The molecule has 5 rings (SSSR count). The Balaban J connectivity index is 1.33. The zero-order valence-electron chi connectivity index (χ0n) is 20.7. The predicted octanol–water partition coefficient (Wildman–Crippen LogP) is 5.34. The number of anilines is 1. The second-order valence-electron chi connectivity index (χ2n) is 8.60. The molecular formula is C28H25ClN6O3S. The lowest BCUT2D eigenvalue weighted by Crippen LogP contribution is -2.26. The normalized spacial score (nSPS) is 11.4. The number of aromatic hydroxyl groups is 1. The number of phenols is 1. The van der Waals surface area contributed by atoms with Crippen LogP contribution in [0.15, 0.2) is 96.0 Å². The van der Waals surface area contributed by atoms with Crippen molar-refractivity contribution in [2.75, 3.05) is 18.4 Å². The van der Waals surface area contributed by atoms with Crippen LogP contribution in [0, 0.1) is 0 Å². The van der Waals surface area contributed by atoms with Crippen LogP contribution < -0.4 is 10.0 Å². The van der Waals surface area contributed by atoms with Crippen LogP contribution in [0.2, 0.25) is 5.02 Å². The number of phenolic OH excluding ortho intramolecular Hbond substituents is 1. The highest BCUT2D eigenvalue weighted by molar-refractivity contribution is 7.89. The molecule has 0 unspecified atom stereocenters. The highest BCUT2D eigenvalue weighted by Crippen LogP contribution is 2.35. The van der Waals surface area contributed by atoms with Gasteiger partial charge in [-0.15, -0.1) is 0 Å². The number of hydrogen-bond acceptors (Lipinski definition) is 7. The number of nitrogens with zero attached hydrogens (tertiary/aromatic N) is 3. The van der Waals surface area contributed by atoms with Gasteiger partial charge >= 0.3 is 0 Å². The van der Waals surface area contributed by atoms with E-state index in [0.717, 1.165) is 5.56 Å². The molecule has 9 nitrogen and oxygen atoms in total. The average Bonchev–Trinajstić information content (AvgIpc) is 3.41. The van der Waals surface area contributed by atoms with E-state index in [4.69, 9.17) is 16.6 Å². The maximum Gasteiger partial charge on any atom is 0.240 e. The van der Waals surface area contributed by atoms with Gasteiger partial charge in [-0.2, -0.15) is 0 Å². The molecule has 0 atom stereocenters. The minimum atomic E-state index is -3.55. The van der Waals surface area contributed by atoms with E-state index in [-0.39, 0.29) is 22.2 Å². The van der Waals surface area contributed by atoms with E-state index in [0.29, 0.717) is 47.4 Å². The van der Waals surface area contributed by atoms with Crippen LogP contribution >= 0.6 is 11.6 Å². The van der Waals surface area contributed by atoms with Gasteiger partial charge in [-0.1, -0.05) is 66.2 Å². The maximum absolute atomic E-state index is 12.4. The highest BCUT2D eigenvalue weighted by Gasteiger charge is 2.18. The van der Waals surface area contributed by atoms with E-state index < -0.39 is 10.0 Å². The molecule has 0 amide bonds. The van der Waals surface area contributed by atoms with Gasteiger partial charge in [0.15, 0.2) is 0 Å². The largest absolute Gasteiger partial charge is 0.506 e. The molecule has 0 saturated heterocycles. The lowest BCUT2D eigenvalue weighted by Gasteiger charge is -2.09. The van der Waals surface area contributed by atoms with E-state index in [1.54, 1.807) is 60.8 Å².